The molecular weight excluding hydrogens is 352 g/mol. The summed E-state index contributed by atoms with van der Waals surface area (Å²) >= 11 is 0. The molecule has 140 valence electrons. The molecule has 0 aromatic carbocycles. The molecule has 0 radical (unpaired) electrons. The molecule has 0 bridgehead atoms. The first-order valence-corrected chi connectivity index (χ1v) is 9.25. The average Bonchev–Trinajstić information content (AvgIpc) is 3.12. The molecule has 4 aromatic heterocycles. The van der Waals surface area contributed by atoms with Gasteiger partial charge in [-0.15, -0.1) is 15.3 Å². The maximum absolute atomic E-state index is 4.77. The molecule has 0 aliphatic carbocycles. The summed E-state index contributed by atoms with van der Waals surface area (Å²) in [6.45, 7) is 2.82. The van der Waals surface area contributed by atoms with Crippen LogP contribution in [0.15, 0.2) is 61.2 Å². The van der Waals surface area contributed by atoms with Crippen LogP contribution >= 0.6 is 0 Å². The van der Waals surface area contributed by atoms with Crippen molar-refractivity contribution >= 4 is 11.5 Å². The van der Waals surface area contributed by atoms with Gasteiger partial charge in [0.05, 0.1) is 0 Å². The van der Waals surface area contributed by atoms with Crippen molar-refractivity contribution in [1.29, 1.82) is 0 Å². The smallest absolute Gasteiger partial charge is 0.187 e. The van der Waals surface area contributed by atoms with Gasteiger partial charge in [-0.2, -0.15) is 4.52 Å². The van der Waals surface area contributed by atoms with E-state index < -0.39 is 0 Å². The first-order valence-electron chi connectivity index (χ1n) is 9.25. The number of likely N-dealkylation sites (N-methyl/N-ethyl adjacent to an activating group) is 1. The fraction of sp³-hybridized carbons (Fsp3) is 0.250. The number of nitrogens with zero attached hydrogens (tertiary/aromatic N) is 8. The Morgan fingerprint density at radius 2 is 1.86 bits per heavy atom. The first-order chi connectivity index (χ1) is 13.8. The first kappa shape index (κ1) is 16.8. The van der Waals surface area contributed by atoms with E-state index in [9.17, 15) is 0 Å². The lowest BCUT2D eigenvalue weighted by molar-refractivity contribution is 0.196. The highest BCUT2D eigenvalue weighted by Crippen LogP contribution is 2.24. The number of hydrogen-bond donors (Lipinski definition) is 0. The van der Waals surface area contributed by atoms with Crippen molar-refractivity contribution in [1.82, 2.24) is 34.7 Å². The number of aromatic nitrogens is 6. The van der Waals surface area contributed by atoms with E-state index in [-0.39, 0.29) is 0 Å². The summed E-state index contributed by atoms with van der Waals surface area (Å²) in [5, 5.41) is 13.3. The summed E-state index contributed by atoms with van der Waals surface area (Å²) in [4.78, 5) is 12.9. The standard InChI is InChI=1S/C20H20N8/c1-26(12-15-6-9-21-10-7-15)17-13-27(14-17)19-5-4-18-23-24-20(28(18)25-19)16-3-2-8-22-11-16/h2-11,17H,12-14H2,1H3. The molecular formula is C20H20N8. The molecule has 0 N–H and O–H groups in total. The van der Waals surface area contributed by atoms with Crippen LogP contribution in [-0.4, -0.2) is 60.9 Å². The monoisotopic (exact) mass is 372 g/mol. The van der Waals surface area contributed by atoms with Crippen LogP contribution in [0.5, 0.6) is 0 Å². The SMILES string of the molecule is CN(Cc1ccncc1)C1CN(c2ccc3nnc(-c4cccnc4)n3n2)C1. The molecule has 4 aromatic rings. The molecule has 0 amide bonds. The van der Waals surface area contributed by atoms with E-state index in [4.69, 9.17) is 5.10 Å². The van der Waals surface area contributed by atoms with Crippen molar-refractivity contribution in [2.24, 2.45) is 0 Å². The largest absolute Gasteiger partial charge is 0.352 e. The second-order valence-corrected chi connectivity index (χ2v) is 7.06. The molecule has 1 aliphatic heterocycles. The molecule has 28 heavy (non-hydrogen) atoms. The quantitative estimate of drug-likeness (QED) is 0.530. The normalized spacial score (nSPS) is 14.6. The summed E-state index contributed by atoms with van der Waals surface area (Å²) in [6, 6.07) is 12.5. The van der Waals surface area contributed by atoms with E-state index in [1.165, 1.54) is 5.56 Å². The highest BCUT2D eigenvalue weighted by Gasteiger charge is 2.31. The zero-order valence-electron chi connectivity index (χ0n) is 15.5. The van der Waals surface area contributed by atoms with Gasteiger partial charge in [0.25, 0.3) is 0 Å². The number of anilines is 1. The Morgan fingerprint density at radius 3 is 2.64 bits per heavy atom. The lowest BCUT2D eigenvalue weighted by Crippen LogP contribution is -2.58. The van der Waals surface area contributed by atoms with Gasteiger partial charge >= 0.3 is 0 Å². The fourth-order valence-electron chi connectivity index (χ4n) is 3.45. The van der Waals surface area contributed by atoms with Gasteiger partial charge in [-0.05, 0) is 49.0 Å². The van der Waals surface area contributed by atoms with Crippen LogP contribution < -0.4 is 4.90 Å². The van der Waals surface area contributed by atoms with Crippen molar-refractivity contribution in [3.63, 3.8) is 0 Å². The summed E-state index contributed by atoms with van der Waals surface area (Å²) in [7, 11) is 2.17. The van der Waals surface area contributed by atoms with Gasteiger partial charge in [-0.3, -0.25) is 14.9 Å². The van der Waals surface area contributed by atoms with Crippen molar-refractivity contribution in [2.45, 2.75) is 12.6 Å². The van der Waals surface area contributed by atoms with Crippen molar-refractivity contribution in [3.05, 3.63) is 66.7 Å². The Balaban J connectivity index is 1.31. The van der Waals surface area contributed by atoms with Crippen LogP contribution in [0.3, 0.4) is 0 Å². The third-order valence-corrected chi connectivity index (χ3v) is 5.16. The molecule has 5 heterocycles. The van der Waals surface area contributed by atoms with Crippen molar-refractivity contribution in [3.8, 4) is 11.4 Å². The Hall–Kier alpha value is -3.39. The van der Waals surface area contributed by atoms with E-state index >= 15 is 0 Å². The highest BCUT2D eigenvalue weighted by atomic mass is 15.4. The molecule has 1 saturated heterocycles. The van der Waals surface area contributed by atoms with Gasteiger partial charge in [-0.1, -0.05) is 0 Å². The summed E-state index contributed by atoms with van der Waals surface area (Å²) in [5.41, 5.74) is 2.91. The zero-order chi connectivity index (χ0) is 18.9. The number of hydrogen-bond acceptors (Lipinski definition) is 7. The van der Waals surface area contributed by atoms with E-state index in [1.807, 2.05) is 36.7 Å². The van der Waals surface area contributed by atoms with Crippen LogP contribution in [0.1, 0.15) is 5.56 Å². The fourth-order valence-corrected chi connectivity index (χ4v) is 3.45. The Morgan fingerprint density at radius 1 is 1.00 bits per heavy atom. The van der Waals surface area contributed by atoms with Gasteiger partial charge in [0.1, 0.15) is 5.82 Å². The van der Waals surface area contributed by atoms with Gasteiger partial charge in [0, 0.05) is 56.0 Å². The molecule has 8 heteroatoms. The van der Waals surface area contributed by atoms with Gasteiger partial charge in [0.2, 0.25) is 0 Å². The Bertz CT molecular complexity index is 1070. The van der Waals surface area contributed by atoms with Gasteiger partial charge in [0.15, 0.2) is 11.5 Å². The van der Waals surface area contributed by atoms with Crippen LogP contribution in [0, 0.1) is 0 Å². The molecule has 1 aliphatic rings. The average molecular weight is 372 g/mol. The lowest BCUT2D eigenvalue weighted by atomic mass is 10.1. The van der Waals surface area contributed by atoms with E-state index in [0.29, 0.717) is 11.9 Å². The highest BCUT2D eigenvalue weighted by molar-refractivity contribution is 5.58. The third-order valence-electron chi connectivity index (χ3n) is 5.16. The van der Waals surface area contributed by atoms with Crippen LogP contribution in [0.4, 0.5) is 5.82 Å². The Kier molecular flexibility index (Phi) is 4.17. The van der Waals surface area contributed by atoms with Crippen molar-refractivity contribution in [2.75, 3.05) is 25.0 Å². The third kappa shape index (κ3) is 3.07. The van der Waals surface area contributed by atoms with Crippen LogP contribution in [0.25, 0.3) is 17.0 Å². The van der Waals surface area contributed by atoms with E-state index in [0.717, 1.165) is 36.7 Å². The molecule has 0 atom stereocenters. The minimum atomic E-state index is 0.504. The number of fused-ring (bicyclic) bond motifs is 1. The molecule has 1 fully saturated rings. The minimum Gasteiger partial charge on any atom is -0.352 e. The van der Waals surface area contributed by atoms with Crippen LogP contribution in [-0.2, 0) is 6.54 Å². The topological polar surface area (TPSA) is 75.3 Å². The van der Waals surface area contributed by atoms with E-state index in [1.54, 1.807) is 16.9 Å². The Labute approximate surface area is 162 Å². The molecule has 0 unspecified atom stereocenters. The summed E-state index contributed by atoms with van der Waals surface area (Å²) < 4.78 is 1.79. The van der Waals surface area contributed by atoms with E-state index in [2.05, 4.69) is 49.1 Å². The predicted octanol–water partition coefficient (Wildman–Crippen LogP) is 1.90. The summed E-state index contributed by atoms with van der Waals surface area (Å²) in [5.74, 6) is 1.64. The number of pyridine rings is 2. The number of rotatable bonds is 5. The lowest BCUT2D eigenvalue weighted by Gasteiger charge is -2.44. The van der Waals surface area contributed by atoms with Crippen LogP contribution in [0.2, 0.25) is 0 Å². The second kappa shape index (κ2) is 6.97. The predicted molar refractivity (Wildman–Crippen MR) is 106 cm³/mol. The maximum atomic E-state index is 4.77. The van der Waals surface area contributed by atoms with Gasteiger partial charge < -0.3 is 4.90 Å². The molecule has 0 saturated carbocycles. The van der Waals surface area contributed by atoms with Gasteiger partial charge in [-0.25, -0.2) is 0 Å². The summed E-state index contributed by atoms with van der Waals surface area (Å²) in [6.07, 6.45) is 7.20. The minimum absolute atomic E-state index is 0.504. The molecule has 8 nitrogen and oxygen atoms in total. The zero-order valence-corrected chi connectivity index (χ0v) is 15.5. The maximum Gasteiger partial charge on any atom is 0.187 e. The second-order valence-electron chi connectivity index (χ2n) is 7.06. The van der Waals surface area contributed by atoms with Crippen molar-refractivity contribution < 1.29 is 0 Å². The molecule has 5 rings (SSSR count). The molecule has 0 spiro atoms.